The van der Waals surface area contributed by atoms with Crippen LogP contribution in [0.3, 0.4) is 0 Å². The maximum absolute atomic E-state index is 15.7. The summed E-state index contributed by atoms with van der Waals surface area (Å²) in [7, 11) is 1.57. The topological polar surface area (TPSA) is 123 Å². The van der Waals surface area contributed by atoms with Crippen molar-refractivity contribution in [3.8, 4) is 22.6 Å². The highest BCUT2D eigenvalue weighted by atomic mass is 19.1. The maximum atomic E-state index is 15.7. The molecule has 8 rings (SSSR count). The van der Waals surface area contributed by atoms with Gasteiger partial charge in [0, 0.05) is 61.1 Å². The van der Waals surface area contributed by atoms with Crippen molar-refractivity contribution in [1.29, 1.82) is 0 Å². The number of likely N-dealkylation sites (tertiary alicyclic amines) is 1. The molecule has 2 aliphatic carbocycles. The highest BCUT2D eigenvalue weighted by Crippen LogP contribution is 2.39. The zero-order valence-electron chi connectivity index (χ0n) is 24.6. The fourth-order valence-corrected chi connectivity index (χ4v) is 7.12. The Kier molecular flexibility index (Phi) is 6.09. The van der Waals surface area contributed by atoms with Crippen molar-refractivity contribution in [2.24, 2.45) is 17.6 Å². The first kappa shape index (κ1) is 26.9. The molecule has 2 amide bonds. The highest BCUT2D eigenvalue weighted by Gasteiger charge is 2.47. The quantitative estimate of drug-likeness (QED) is 0.305. The van der Waals surface area contributed by atoms with E-state index in [0.717, 1.165) is 60.2 Å². The largest absolute Gasteiger partial charge is 0.354 e. The van der Waals surface area contributed by atoms with E-state index in [9.17, 15) is 9.59 Å². The summed E-state index contributed by atoms with van der Waals surface area (Å²) in [5.41, 5.74) is 11.9. The monoisotopic (exact) mass is 592 g/mol. The number of carbonyl (C=O) groups is 2. The van der Waals surface area contributed by atoms with Crippen LogP contribution >= 0.6 is 0 Å². The standard InChI is InChI=1S/C33H33FN8O2/c1-17-29(39-42-16-22(11-23(34)30(17)42)33(44)41-15-21-7-10-26(41)28(21)35)27-12-19-5-8-24(38-31(19)40(27)14-18-3-4-18)20-6-9-25(37-13-20)32(43)36-2/h5-6,8-9,11-13,16,18,21,26,28H,3-4,7,10,14-15,35H2,1-2H3,(H,36,43)/t21?,26?,28-/m1/s1. The molecule has 5 aromatic heterocycles. The van der Waals surface area contributed by atoms with Gasteiger partial charge in [-0.3, -0.25) is 14.6 Å². The Hall–Kier alpha value is -4.64. The van der Waals surface area contributed by atoms with E-state index in [-0.39, 0.29) is 29.5 Å². The van der Waals surface area contributed by atoms with E-state index in [2.05, 4.69) is 20.9 Å². The van der Waals surface area contributed by atoms with Gasteiger partial charge in [-0.25, -0.2) is 13.9 Å². The van der Waals surface area contributed by atoms with Crippen LogP contribution in [0.1, 0.15) is 52.1 Å². The van der Waals surface area contributed by atoms with Gasteiger partial charge < -0.3 is 20.5 Å². The van der Waals surface area contributed by atoms with Crippen LogP contribution in [0.25, 0.3) is 39.2 Å². The van der Waals surface area contributed by atoms with Crippen LogP contribution in [0.2, 0.25) is 0 Å². The van der Waals surface area contributed by atoms with Gasteiger partial charge in [0.25, 0.3) is 11.8 Å². The molecule has 3 N–H and O–H groups in total. The molecule has 3 fully saturated rings. The SMILES string of the molecule is CNC(=O)c1ccc(-c2ccc3cc(-c4nn5cc(C(=O)N6CC7CCC6[C@@H]7N)cc(F)c5c4C)n(CC4CC4)c3n2)cn1. The lowest BCUT2D eigenvalue weighted by atomic mass is 10.1. The van der Waals surface area contributed by atoms with Gasteiger partial charge in [-0.1, -0.05) is 0 Å². The number of amides is 2. The minimum absolute atomic E-state index is 0.00762. The predicted octanol–water partition coefficient (Wildman–Crippen LogP) is 4.19. The second kappa shape index (κ2) is 9.95. The molecule has 0 radical (unpaired) electrons. The molecular weight excluding hydrogens is 559 g/mol. The molecule has 5 aromatic rings. The molecule has 10 nitrogen and oxygen atoms in total. The first-order valence-corrected chi connectivity index (χ1v) is 15.2. The molecule has 0 aromatic carbocycles. The summed E-state index contributed by atoms with van der Waals surface area (Å²) in [4.78, 5) is 36.6. The molecule has 2 saturated carbocycles. The fraction of sp³-hybridized carbons (Fsp3) is 0.364. The van der Waals surface area contributed by atoms with Crippen molar-refractivity contribution in [1.82, 2.24) is 34.4 Å². The summed E-state index contributed by atoms with van der Waals surface area (Å²) in [5, 5.41) is 8.40. The molecule has 224 valence electrons. The Balaban J connectivity index is 1.20. The van der Waals surface area contributed by atoms with Crippen LogP contribution in [0.15, 0.2) is 48.8 Å². The van der Waals surface area contributed by atoms with Crippen LogP contribution in [0, 0.1) is 24.6 Å². The Labute approximate surface area is 253 Å². The molecule has 3 aliphatic rings. The molecule has 44 heavy (non-hydrogen) atoms. The number of aryl methyl sites for hydroxylation is 1. The van der Waals surface area contributed by atoms with E-state index < -0.39 is 5.82 Å². The van der Waals surface area contributed by atoms with Crippen molar-refractivity contribution >= 4 is 28.4 Å². The van der Waals surface area contributed by atoms with E-state index in [4.69, 9.17) is 15.8 Å². The summed E-state index contributed by atoms with van der Waals surface area (Å²) >= 11 is 0. The molecule has 2 bridgehead atoms. The van der Waals surface area contributed by atoms with Crippen LogP contribution in [-0.4, -0.2) is 66.5 Å². The second-order valence-electron chi connectivity index (χ2n) is 12.5. The number of aromatic nitrogens is 5. The third-order valence-corrected chi connectivity index (χ3v) is 9.72. The van der Waals surface area contributed by atoms with Crippen LogP contribution in [0.5, 0.6) is 0 Å². The number of hydrogen-bond donors (Lipinski definition) is 2. The molecule has 1 aliphatic heterocycles. The van der Waals surface area contributed by atoms with Crippen molar-refractivity contribution in [3.05, 3.63) is 71.4 Å². The number of fused-ring (bicyclic) bond motifs is 4. The molecule has 1 saturated heterocycles. The summed E-state index contributed by atoms with van der Waals surface area (Å²) in [6.07, 6.45) is 7.53. The fourth-order valence-electron chi connectivity index (χ4n) is 7.12. The number of piperidine rings is 1. The summed E-state index contributed by atoms with van der Waals surface area (Å²) in [5.74, 6) is -0.0502. The second-order valence-corrected chi connectivity index (χ2v) is 12.5. The molecule has 0 spiro atoms. The lowest BCUT2D eigenvalue weighted by molar-refractivity contribution is 0.0699. The molecule has 6 heterocycles. The number of nitrogens with one attached hydrogen (secondary N) is 1. The number of halogens is 1. The zero-order valence-corrected chi connectivity index (χ0v) is 24.6. The lowest BCUT2D eigenvalue weighted by Gasteiger charge is -2.27. The van der Waals surface area contributed by atoms with Crippen molar-refractivity contribution in [2.45, 2.75) is 51.2 Å². The van der Waals surface area contributed by atoms with E-state index in [1.165, 1.54) is 10.6 Å². The third-order valence-electron chi connectivity index (χ3n) is 9.72. The van der Waals surface area contributed by atoms with Gasteiger partial charge in [-0.05, 0) is 80.8 Å². The first-order valence-electron chi connectivity index (χ1n) is 15.2. The Morgan fingerprint density at radius 2 is 1.95 bits per heavy atom. The number of hydrogen-bond acceptors (Lipinski definition) is 6. The minimum atomic E-state index is -0.473. The van der Waals surface area contributed by atoms with E-state index in [1.807, 2.05) is 30.0 Å². The van der Waals surface area contributed by atoms with Gasteiger partial charge in [0.15, 0.2) is 0 Å². The van der Waals surface area contributed by atoms with Gasteiger partial charge in [-0.15, -0.1) is 0 Å². The number of nitrogens with two attached hydrogens (primary N) is 1. The van der Waals surface area contributed by atoms with Crippen LogP contribution in [-0.2, 0) is 6.54 Å². The first-order chi connectivity index (χ1) is 21.3. The molecule has 11 heteroatoms. The third kappa shape index (κ3) is 4.21. The van der Waals surface area contributed by atoms with Gasteiger partial charge in [0.1, 0.15) is 28.4 Å². The molecular formula is C33H33FN8O2. The molecule has 2 unspecified atom stereocenters. The molecule has 3 atom stereocenters. The van der Waals surface area contributed by atoms with Gasteiger partial charge >= 0.3 is 0 Å². The Morgan fingerprint density at radius 1 is 1.11 bits per heavy atom. The number of rotatable bonds is 6. The van der Waals surface area contributed by atoms with Crippen LogP contribution < -0.4 is 11.1 Å². The average molecular weight is 593 g/mol. The number of nitrogens with zero attached hydrogens (tertiary/aromatic N) is 6. The number of pyridine rings is 3. The lowest BCUT2D eigenvalue weighted by Crippen LogP contribution is -2.41. The Morgan fingerprint density at radius 3 is 2.64 bits per heavy atom. The van der Waals surface area contributed by atoms with Crippen molar-refractivity contribution in [2.75, 3.05) is 13.6 Å². The van der Waals surface area contributed by atoms with E-state index in [1.54, 1.807) is 25.5 Å². The minimum Gasteiger partial charge on any atom is -0.354 e. The van der Waals surface area contributed by atoms with Gasteiger partial charge in [0.2, 0.25) is 0 Å². The summed E-state index contributed by atoms with van der Waals surface area (Å²) in [6, 6.07) is 10.9. The zero-order chi connectivity index (χ0) is 30.3. The highest BCUT2D eigenvalue weighted by molar-refractivity contribution is 5.95. The van der Waals surface area contributed by atoms with Crippen molar-refractivity contribution in [3.63, 3.8) is 0 Å². The summed E-state index contributed by atoms with van der Waals surface area (Å²) in [6.45, 7) is 3.27. The predicted molar refractivity (Wildman–Crippen MR) is 163 cm³/mol. The van der Waals surface area contributed by atoms with Crippen LogP contribution in [0.4, 0.5) is 4.39 Å². The Bertz CT molecular complexity index is 1980. The maximum Gasteiger partial charge on any atom is 0.269 e. The van der Waals surface area contributed by atoms with E-state index in [0.29, 0.717) is 40.8 Å². The van der Waals surface area contributed by atoms with E-state index >= 15 is 4.39 Å². The van der Waals surface area contributed by atoms with Crippen molar-refractivity contribution < 1.29 is 14.0 Å². The van der Waals surface area contributed by atoms with Gasteiger partial charge in [-0.2, -0.15) is 5.10 Å². The number of carbonyl (C=O) groups excluding carboxylic acids is 2. The van der Waals surface area contributed by atoms with Gasteiger partial charge in [0.05, 0.1) is 17.0 Å². The summed E-state index contributed by atoms with van der Waals surface area (Å²) < 4.78 is 19.4. The smallest absolute Gasteiger partial charge is 0.269 e. The normalized spacial score (nSPS) is 21.1. The average Bonchev–Trinajstić information content (AvgIpc) is 3.43.